The first-order chi connectivity index (χ1) is 15.5. The van der Waals surface area contributed by atoms with Crippen LogP contribution in [0.25, 0.3) is 11.4 Å². The third-order valence-corrected chi connectivity index (χ3v) is 6.25. The minimum Gasteiger partial charge on any atom is -0.353 e. The molecule has 1 aliphatic rings. The summed E-state index contributed by atoms with van der Waals surface area (Å²) in [5, 5.41) is 0. The van der Waals surface area contributed by atoms with Crippen LogP contribution < -0.4 is 4.90 Å². The Morgan fingerprint density at radius 2 is 1.72 bits per heavy atom. The summed E-state index contributed by atoms with van der Waals surface area (Å²) in [4.78, 5) is 26.7. The molecule has 2 aromatic carbocycles. The van der Waals surface area contributed by atoms with Crippen LogP contribution in [0.1, 0.15) is 36.1 Å². The second-order valence-corrected chi connectivity index (χ2v) is 8.28. The standard InChI is InChI=1S/C26H29FN4O/c1-4-23(20-9-6-5-7-10-20)26(32)31-15-13-30(14-16-31)25-18(2)19(3)28-24(29-25)21-11-8-12-22(27)17-21/h5-12,17,23H,4,13-16H2,1-3H3/t23-/m0/s1. The topological polar surface area (TPSA) is 49.3 Å². The Labute approximate surface area is 188 Å². The number of hydrogen-bond acceptors (Lipinski definition) is 4. The van der Waals surface area contributed by atoms with E-state index in [4.69, 9.17) is 4.98 Å². The average Bonchev–Trinajstić information content (AvgIpc) is 2.82. The molecule has 166 valence electrons. The molecule has 3 aromatic rings. The SMILES string of the molecule is CC[C@H](C(=O)N1CCN(c2nc(-c3cccc(F)c3)nc(C)c2C)CC1)c1ccccc1. The monoisotopic (exact) mass is 432 g/mol. The first-order valence-corrected chi connectivity index (χ1v) is 11.2. The summed E-state index contributed by atoms with van der Waals surface area (Å²) in [5.74, 6) is 1.16. The highest BCUT2D eigenvalue weighted by atomic mass is 19.1. The Kier molecular flexibility index (Phi) is 6.49. The molecule has 1 aliphatic heterocycles. The van der Waals surface area contributed by atoms with Crippen molar-refractivity contribution < 1.29 is 9.18 Å². The van der Waals surface area contributed by atoms with Gasteiger partial charge in [-0.15, -0.1) is 0 Å². The van der Waals surface area contributed by atoms with Gasteiger partial charge in [0.05, 0.1) is 5.92 Å². The molecule has 1 amide bonds. The van der Waals surface area contributed by atoms with E-state index in [9.17, 15) is 9.18 Å². The highest BCUT2D eigenvalue weighted by molar-refractivity contribution is 5.84. The van der Waals surface area contributed by atoms with Crippen molar-refractivity contribution in [3.63, 3.8) is 0 Å². The van der Waals surface area contributed by atoms with Crippen LogP contribution in [0.15, 0.2) is 54.6 Å². The van der Waals surface area contributed by atoms with Crippen molar-refractivity contribution in [3.8, 4) is 11.4 Å². The fraction of sp³-hybridized carbons (Fsp3) is 0.346. The molecule has 0 saturated carbocycles. The molecular formula is C26H29FN4O. The second-order valence-electron chi connectivity index (χ2n) is 8.28. The Hall–Kier alpha value is -3.28. The lowest BCUT2D eigenvalue weighted by atomic mass is 9.95. The van der Waals surface area contributed by atoms with Crippen LogP contribution in [0.5, 0.6) is 0 Å². The molecule has 1 atom stereocenters. The highest BCUT2D eigenvalue weighted by Gasteiger charge is 2.28. The zero-order chi connectivity index (χ0) is 22.7. The van der Waals surface area contributed by atoms with Crippen molar-refractivity contribution in [1.29, 1.82) is 0 Å². The van der Waals surface area contributed by atoms with Gasteiger partial charge in [0.25, 0.3) is 0 Å². The molecule has 1 aromatic heterocycles. The lowest BCUT2D eigenvalue weighted by Gasteiger charge is -2.37. The van der Waals surface area contributed by atoms with Gasteiger partial charge < -0.3 is 9.80 Å². The molecule has 1 saturated heterocycles. The second kappa shape index (κ2) is 9.47. The Morgan fingerprint density at radius 1 is 1.00 bits per heavy atom. The van der Waals surface area contributed by atoms with Gasteiger partial charge in [-0.3, -0.25) is 4.79 Å². The number of carbonyl (C=O) groups is 1. The molecule has 0 unspecified atom stereocenters. The number of rotatable bonds is 5. The number of hydrogen-bond donors (Lipinski definition) is 0. The molecule has 32 heavy (non-hydrogen) atoms. The van der Waals surface area contributed by atoms with Gasteiger partial charge in [0.15, 0.2) is 5.82 Å². The smallest absolute Gasteiger partial charge is 0.230 e. The number of carbonyl (C=O) groups excluding carboxylic acids is 1. The minimum absolute atomic E-state index is 0.106. The predicted octanol–water partition coefficient (Wildman–Crippen LogP) is 4.74. The third kappa shape index (κ3) is 4.49. The van der Waals surface area contributed by atoms with E-state index in [2.05, 4.69) is 16.8 Å². The number of aromatic nitrogens is 2. The normalized spacial score (nSPS) is 15.0. The molecule has 0 radical (unpaired) electrons. The van der Waals surface area contributed by atoms with E-state index in [0.717, 1.165) is 29.1 Å². The summed E-state index contributed by atoms with van der Waals surface area (Å²) in [6.45, 7) is 8.75. The Bertz CT molecular complexity index is 1090. The maximum Gasteiger partial charge on any atom is 0.230 e. The zero-order valence-electron chi connectivity index (χ0n) is 18.9. The third-order valence-electron chi connectivity index (χ3n) is 6.25. The molecule has 0 spiro atoms. The number of piperazine rings is 1. The van der Waals surface area contributed by atoms with Crippen LogP contribution in [0, 0.1) is 19.7 Å². The minimum atomic E-state index is -0.304. The number of benzene rings is 2. The van der Waals surface area contributed by atoms with Gasteiger partial charge in [0.2, 0.25) is 5.91 Å². The molecule has 6 heteroatoms. The van der Waals surface area contributed by atoms with Crippen molar-refractivity contribution in [2.45, 2.75) is 33.1 Å². The maximum atomic E-state index is 13.7. The lowest BCUT2D eigenvalue weighted by molar-refractivity contribution is -0.133. The average molecular weight is 433 g/mol. The predicted molar refractivity (Wildman–Crippen MR) is 125 cm³/mol. The van der Waals surface area contributed by atoms with Crippen LogP contribution in [0.4, 0.5) is 10.2 Å². The van der Waals surface area contributed by atoms with Crippen LogP contribution in [0.2, 0.25) is 0 Å². The van der Waals surface area contributed by atoms with Crippen LogP contribution in [-0.2, 0) is 4.79 Å². The molecule has 0 bridgehead atoms. The largest absolute Gasteiger partial charge is 0.353 e. The first kappa shape index (κ1) is 21.9. The number of aryl methyl sites for hydroxylation is 1. The van der Waals surface area contributed by atoms with E-state index in [0.29, 0.717) is 37.6 Å². The number of halogens is 1. The van der Waals surface area contributed by atoms with Gasteiger partial charge in [0.1, 0.15) is 11.6 Å². The van der Waals surface area contributed by atoms with Gasteiger partial charge in [0, 0.05) is 43.0 Å². The summed E-state index contributed by atoms with van der Waals surface area (Å²) >= 11 is 0. The zero-order valence-corrected chi connectivity index (χ0v) is 18.9. The number of nitrogens with zero attached hydrogens (tertiary/aromatic N) is 4. The quantitative estimate of drug-likeness (QED) is 0.584. The Balaban J connectivity index is 1.51. The van der Waals surface area contributed by atoms with Crippen LogP contribution >= 0.6 is 0 Å². The summed E-state index contributed by atoms with van der Waals surface area (Å²) in [6, 6.07) is 16.4. The first-order valence-electron chi connectivity index (χ1n) is 11.2. The van der Waals surface area contributed by atoms with Crippen molar-refractivity contribution in [3.05, 3.63) is 77.2 Å². The lowest BCUT2D eigenvalue weighted by Crippen LogP contribution is -2.50. The fourth-order valence-electron chi connectivity index (χ4n) is 4.28. The Morgan fingerprint density at radius 3 is 2.38 bits per heavy atom. The van der Waals surface area contributed by atoms with E-state index >= 15 is 0 Å². The van der Waals surface area contributed by atoms with E-state index in [-0.39, 0.29) is 17.6 Å². The van der Waals surface area contributed by atoms with Crippen molar-refractivity contribution >= 4 is 11.7 Å². The van der Waals surface area contributed by atoms with E-state index in [1.807, 2.05) is 55.1 Å². The van der Waals surface area contributed by atoms with E-state index in [1.54, 1.807) is 6.07 Å². The van der Waals surface area contributed by atoms with Crippen LogP contribution in [-0.4, -0.2) is 47.0 Å². The van der Waals surface area contributed by atoms with Crippen molar-refractivity contribution in [1.82, 2.24) is 14.9 Å². The van der Waals surface area contributed by atoms with Gasteiger partial charge >= 0.3 is 0 Å². The highest BCUT2D eigenvalue weighted by Crippen LogP contribution is 2.27. The van der Waals surface area contributed by atoms with Crippen molar-refractivity contribution in [2.24, 2.45) is 0 Å². The molecule has 5 nitrogen and oxygen atoms in total. The summed E-state index contributed by atoms with van der Waals surface area (Å²) in [5.41, 5.74) is 3.63. The van der Waals surface area contributed by atoms with E-state index in [1.165, 1.54) is 12.1 Å². The number of amides is 1. The van der Waals surface area contributed by atoms with Gasteiger partial charge in [-0.25, -0.2) is 14.4 Å². The number of anilines is 1. The maximum absolute atomic E-state index is 13.7. The van der Waals surface area contributed by atoms with Crippen molar-refractivity contribution in [2.75, 3.05) is 31.1 Å². The van der Waals surface area contributed by atoms with Crippen LogP contribution in [0.3, 0.4) is 0 Å². The fourth-order valence-corrected chi connectivity index (χ4v) is 4.28. The van der Waals surface area contributed by atoms with Gasteiger partial charge in [-0.1, -0.05) is 49.4 Å². The van der Waals surface area contributed by atoms with E-state index < -0.39 is 0 Å². The molecule has 0 N–H and O–H groups in total. The molecular weight excluding hydrogens is 403 g/mol. The molecule has 0 aliphatic carbocycles. The molecule has 2 heterocycles. The summed E-state index contributed by atoms with van der Waals surface area (Å²) in [7, 11) is 0. The van der Waals surface area contributed by atoms with Gasteiger partial charge in [-0.05, 0) is 38.0 Å². The molecule has 4 rings (SSSR count). The summed E-state index contributed by atoms with van der Waals surface area (Å²) in [6.07, 6.45) is 0.782. The van der Waals surface area contributed by atoms with Gasteiger partial charge in [-0.2, -0.15) is 0 Å². The summed E-state index contributed by atoms with van der Waals surface area (Å²) < 4.78 is 13.7. The molecule has 1 fully saturated rings.